The highest BCUT2D eigenvalue weighted by atomic mass is 32.2. The number of halogens is 3. The fraction of sp³-hybridized carbons (Fsp3) is 0.100. The summed E-state index contributed by atoms with van der Waals surface area (Å²) >= 11 is 0. The van der Waals surface area contributed by atoms with Gasteiger partial charge in [-0.05, 0) is 12.1 Å². The van der Waals surface area contributed by atoms with E-state index in [2.05, 4.69) is 0 Å². The second-order valence-corrected chi connectivity index (χ2v) is 7.51. The highest BCUT2D eigenvalue weighted by molar-refractivity contribution is 7.90. The zero-order valence-corrected chi connectivity index (χ0v) is 12.5. The summed E-state index contributed by atoms with van der Waals surface area (Å²) in [7, 11) is -10.2. The summed E-state index contributed by atoms with van der Waals surface area (Å²) in [5, 5.41) is 2.90. The average molecular weight is 372 g/mol. The number of nitrogens with one attached hydrogen (secondary N) is 1. The lowest BCUT2D eigenvalue weighted by Crippen LogP contribution is -2.34. The summed E-state index contributed by atoms with van der Waals surface area (Å²) in [5.74, 6) is 0. The molecule has 0 spiro atoms. The summed E-state index contributed by atoms with van der Waals surface area (Å²) in [5.41, 5.74) is -3.31. The molecule has 0 bridgehead atoms. The zero-order chi connectivity index (χ0) is 17.8. The first-order valence-corrected chi connectivity index (χ1v) is 8.75. The smallest absolute Gasteiger partial charge is 0.321 e. The lowest BCUT2D eigenvalue weighted by molar-refractivity contribution is -0.137. The van der Waals surface area contributed by atoms with E-state index in [0.717, 1.165) is 0 Å². The van der Waals surface area contributed by atoms with Crippen LogP contribution >= 0.6 is 7.60 Å². The Kier molecular flexibility index (Phi) is 3.94. The van der Waals surface area contributed by atoms with Gasteiger partial charge in [-0.25, -0.2) is 13.6 Å². The first kappa shape index (κ1) is 17.6. The molecule has 0 radical (unpaired) electrons. The summed E-state index contributed by atoms with van der Waals surface area (Å²) in [4.78, 5) is 30.7. The van der Waals surface area contributed by atoms with E-state index >= 15 is 0 Å². The molecular formula is C10H8F3N2O6PS. The first-order valence-electron chi connectivity index (χ1n) is 5.59. The van der Waals surface area contributed by atoms with Crippen molar-refractivity contribution in [1.82, 2.24) is 4.98 Å². The van der Waals surface area contributed by atoms with Crippen molar-refractivity contribution in [3.8, 4) is 0 Å². The fourth-order valence-electron chi connectivity index (χ4n) is 1.99. The van der Waals surface area contributed by atoms with Gasteiger partial charge in [0.1, 0.15) is 10.2 Å². The Balaban J connectivity index is 3.07. The number of pyridine rings is 1. The van der Waals surface area contributed by atoms with Gasteiger partial charge in [0.05, 0.1) is 11.1 Å². The molecule has 1 aromatic heterocycles. The molecule has 8 nitrogen and oxygen atoms in total. The summed E-state index contributed by atoms with van der Waals surface area (Å²) in [6.07, 6.45) is -4.77. The van der Waals surface area contributed by atoms with Gasteiger partial charge in [0, 0.05) is 5.39 Å². The molecule has 0 fully saturated rings. The van der Waals surface area contributed by atoms with Gasteiger partial charge in [0.15, 0.2) is 0 Å². The van der Waals surface area contributed by atoms with E-state index in [0.29, 0.717) is 18.2 Å². The van der Waals surface area contributed by atoms with Gasteiger partial charge in [0.2, 0.25) is 10.0 Å². The maximum atomic E-state index is 12.7. The van der Waals surface area contributed by atoms with Gasteiger partial charge in [-0.1, -0.05) is 6.07 Å². The molecule has 0 aliphatic rings. The largest absolute Gasteiger partial charge is 0.416 e. The van der Waals surface area contributed by atoms with Crippen LogP contribution in [0.4, 0.5) is 13.2 Å². The average Bonchev–Trinajstić information content (AvgIpc) is 2.32. The number of hydrogen-bond acceptors (Lipinski definition) is 4. The molecule has 0 aliphatic carbocycles. The Morgan fingerprint density at radius 2 is 1.78 bits per heavy atom. The molecule has 23 heavy (non-hydrogen) atoms. The molecule has 0 aliphatic heterocycles. The number of rotatable bonds is 2. The second-order valence-electron chi connectivity index (χ2n) is 4.48. The highest BCUT2D eigenvalue weighted by Crippen LogP contribution is 2.37. The van der Waals surface area contributed by atoms with E-state index in [4.69, 9.17) is 14.9 Å². The molecule has 0 saturated heterocycles. The second kappa shape index (κ2) is 5.14. The van der Waals surface area contributed by atoms with E-state index in [1.165, 1.54) is 0 Å². The van der Waals surface area contributed by atoms with Gasteiger partial charge >= 0.3 is 13.8 Å². The van der Waals surface area contributed by atoms with Crippen molar-refractivity contribution in [2.24, 2.45) is 5.14 Å². The van der Waals surface area contributed by atoms with Crippen LogP contribution in [0.15, 0.2) is 27.9 Å². The number of nitrogens with two attached hydrogens (primary N) is 1. The minimum Gasteiger partial charge on any atom is -0.321 e. The maximum Gasteiger partial charge on any atom is 0.416 e. The molecule has 1 aromatic carbocycles. The SMILES string of the molecule is NS(=O)(=O)c1c(P(=O)(O)O)c(=O)[nH]c2cc(C(F)(F)F)ccc12. The van der Waals surface area contributed by atoms with Crippen molar-refractivity contribution >= 4 is 33.8 Å². The van der Waals surface area contributed by atoms with E-state index in [1.807, 2.05) is 4.98 Å². The highest BCUT2D eigenvalue weighted by Gasteiger charge is 2.35. The van der Waals surface area contributed by atoms with Crippen molar-refractivity contribution in [2.45, 2.75) is 11.1 Å². The van der Waals surface area contributed by atoms with Crippen LogP contribution in [-0.4, -0.2) is 23.2 Å². The van der Waals surface area contributed by atoms with Gasteiger partial charge in [-0.15, -0.1) is 0 Å². The number of H-pyrrole nitrogens is 1. The normalized spacial score (nSPS) is 13.5. The molecule has 2 rings (SSSR count). The summed E-state index contributed by atoms with van der Waals surface area (Å²) < 4.78 is 72.6. The number of alkyl halides is 3. The van der Waals surface area contributed by atoms with Crippen LogP contribution in [0.5, 0.6) is 0 Å². The Morgan fingerprint density at radius 3 is 2.22 bits per heavy atom. The maximum absolute atomic E-state index is 12.7. The fourth-order valence-corrected chi connectivity index (χ4v) is 4.28. The van der Waals surface area contributed by atoms with E-state index < -0.39 is 56.0 Å². The lowest BCUT2D eigenvalue weighted by atomic mass is 10.1. The number of hydrogen-bond donors (Lipinski definition) is 4. The van der Waals surface area contributed by atoms with Crippen LogP contribution in [0.2, 0.25) is 0 Å². The predicted molar refractivity (Wildman–Crippen MR) is 72.6 cm³/mol. The number of primary sulfonamides is 1. The van der Waals surface area contributed by atoms with Crippen LogP contribution < -0.4 is 16.0 Å². The third-order valence-electron chi connectivity index (χ3n) is 2.85. The molecule has 1 heterocycles. The van der Waals surface area contributed by atoms with E-state index in [-0.39, 0.29) is 0 Å². The summed E-state index contributed by atoms with van der Waals surface area (Å²) in [6, 6.07) is 1.60. The van der Waals surface area contributed by atoms with Gasteiger partial charge < -0.3 is 14.8 Å². The van der Waals surface area contributed by atoms with Gasteiger partial charge in [-0.3, -0.25) is 9.36 Å². The van der Waals surface area contributed by atoms with E-state index in [1.54, 1.807) is 0 Å². The third-order valence-corrected chi connectivity index (χ3v) is 5.00. The van der Waals surface area contributed by atoms with Crippen molar-refractivity contribution in [2.75, 3.05) is 0 Å². The Labute approximate surface area is 126 Å². The molecule has 5 N–H and O–H groups in total. The van der Waals surface area contributed by atoms with Crippen LogP contribution in [0.3, 0.4) is 0 Å². The molecule has 126 valence electrons. The molecule has 0 unspecified atom stereocenters. The predicted octanol–water partition coefficient (Wildman–Crippen LogP) is -0.00270. The van der Waals surface area contributed by atoms with Crippen LogP contribution in [0.25, 0.3) is 10.9 Å². The van der Waals surface area contributed by atoms with Crippen molar-refractivity contribution < 1.29 is 35.9 Å². The molecule has 0 atom stereocenters. The first-order chi connectivity index (χ1) is 10.2. The lowest BCUT2D eigenvalue weighted by Gasteiger charge is -2.13. The molecule has 0 amide bonds. The minimum atomic E-state index is -5.36. The van der Waals surface area contributed by atoms with Gasteiger partial charge in [0.25, 0.3) is 5.56 Å². The monoisotopic (exact) mass is 372 g/mol. The molecule has 2 aromatic rings. The summed E-state index contributed by atoms with van der Waals surface area (Å²) in [6.45, 7) is 0. The number of fused-ring (bicyclic) bond motifs is 1. The molecule has 13 heteroatoms. The Morgan fingerprint density at radius 1 is 1.22 bits per heavy atom. The quantitative estimate of drug-likeness (QED) is 0.545. The Bertz CT molecular complexity index is 1010. The zero-order valence-electron chi connectivity index (χ0n) is 10.8. The standard InChI is InChI=1S/C10H8F3N2O6PS/c11-10(12,13)4-1-2-5-6(3-4)15-9(16)7(22(17,18)19)8(5)23(14,20)21/h1-3H,(H,15,16)(H2,14,20,21)(H2,17,18,19). The molecule has 0 saturated carbocycles. The topological polar surface area (TPSA) is 151 Å². The number of benzene rings is 1. The van der Waals surface area contributed by atoms with Gasteiger partial charge in [-0.2, -0.15) is 13.2 Å². The van der Waals surface area contributed by atoms with Crippen molar-refractivity contribution in [3.05, 3.63) is 34.1 Å². The number of sulfonamides is 1. The van der Waals surface area contributed by atoms with Crippen molar-refractivity contribution in [3.63, 3.8) is 0 Å². The third kappa shape index (κ3) is 3.31. The van der Waals surface area contributed by atoms with E-state index in [9.17, 15) is 30.9 Å². The van der Waals surface area contributed by atoms with Crippen LogP contribution in [-0.2, 0) is 20.8 Å². The number of aromatic amines is 1. The number of aromatic nitrogens is 1. The minimum absolute atomic E-state index is 0.439. The van der Waals surface area contributed by atoms with Crippen LogP contribution in [0.1, 0.15) is 5.56 Å². The van der Waals surface area contributed by atoms with Crippen LogP contribution in [0, 0.1) is 0 Å². The van der Waals surface area contributed by atoms with Crippen molar-refractivity contribution in [1.29, 1.82) is 0 Å². The Hall–Kier alpha value is -1.72. The molecular weight excluding hydrogens is 364 g/mol.